The molecule has 0 spiro atoms. The molecule has 0 aliphatic carbocycles. The zero-order valence-electron chi connectivity index (χ0n) is 11.7. The normalized spacial score (nSPS) is 13.2. The minimum absolute atomic E-state index is 0.632. The molecule has 0 atom stereocenters. The van der Waals surface area contributed by atoms with Crippen LogP contribution in [0, 0.1) is 6.92 Å². The third-order valence-corrected chi connectivity index (χ3v) is 3.35. The standard InChI is InChI=1S/C17H19NO2/c1-13-3-2-4-14(9-13)11-18-12-15-5-6-16-17(10-15)20-8-7-19-16/h2-6,9-10,18H,7-8,11-12H2,1H3. The molecule has 3 rings (SSSR count). The van der Waals surface area contributed by atoms with Crippen LogP contribution in [0.4, 0.5) is 0 Å². The first-order chi connectivity index (χ1) is 9.81. The van der Waals surface area contributed by atoms with Gasteiger partial charge in [-0.15, -0.1) is 0 Å². The van der Waals surface area contributed by atoms with E-state index in [0.717, 1.165) is 24.6 Å². The van der Waals surface area contributed by atoms with Crippen LogP contribution in [0.3, 0.4) is 0 Å². The van der Waals surface area contributed by atoms with Crippen LogP contribution >= 0.6 is 0 Å². The van der Waals surface area contributed by atoms with E-state index in [9.17, 15) is 0 Å². The summed E-state index contributed by atoms with van der Waals surface area (Å²) >= 11 is 0. The summed E-state index contributed by atoms with van der Waals surface area (Å²) in [5, 5.41) is 3.46. The molecule has 1 aliphatic heterocycles. The molecule has 1 N–H and O–H groups in total. The molecule has 0 fully saturated rings. The zero-order chi connectivity index (χ0) is 13.8. The van der Waals surface area contributed by atoms with Crippen LogP contribution in [0.5, 0.6) is 11.5 Å². The molecule has 0 bridgehead atoms. The highest BCUT2D eigenvalue weighted by Crippen LogP contribution is 2.30. The average molecular weight is 269 g/mol. The molecular formula is C17H19NO2. The van der Waals surface area contributed by atoms with Crippen molar-refractivity contribution in [1.29, 1.82) is 0 Å². The van der Waals surface area contributed by atoms with Gasteiger partial charge in [0.25, 0.3) is 0 Å². The van der Waals surface area contributed by atoms with E-state index in [-0.39, 0.29) is 0 Å². The lowest BCUT2D eigenvalue weighted by atomic mass is 10.1. The maximum Gasteiger partial charge on any atom is 0.161 e. The monoisotopic (exact) mass is 269 g/mol. The molecule has 0 amide bonds. The molecule has 20 heavy (non-hydrogen) atoms. The summed E-state index contributed by atoms with van der Waals surface area (Å²) in [6.07, 6.45) is 0. The number of fused-ring (bicyclic) bond motifs is 1. The summed E-state index contributed by atoms with van der Waals surface area (Å²) in [5.74, 6) is 1.70. The van der Waals surface area contributed by atoms with Crippen LogP contribution in [0.2, 0.25) is 0 Å². The van der Waals surface area contributed by atoms with Gasteiger partial charge in [0.1, 0.15) is 13.2 Å². The van der Waals surface area contributed by atoms with Crippen molar-refractivity contribution in [2.24, 2.45) is 0 Å². The van der Waals surface area contributed by atoms with Crippen molar-refractivity contribution >= 4 is 0 Å². The first kappa shape index (κ1) is 13.0. The first-order valence-corrected chi connectivity index (χ1v) is 6.96. The van der Waals surface area contributed by atoms with Crippen LogP contribution in [0.15, 0.2) is 42.5 Å². The molecule has 0 saturated carbocycles. The molecule has 1 heterocycles. The topological polar surface area (TPSA) is 30.5 Å². The number of nitrogens with one attached hydrogen (secondary N) is 1. The molecule has 1 aliphatic rings. The number of rotatable bonds is 4. The van der Waals surface area contributed by atoms with E-state index in [1.165, 1.54) is 16.7 Å². The Kier molecular flexibility index (Phi) is 3.88. The number of ether oxygens (including phenoxy) is 2. The molecule has 104 valence electrons. The van der Waals surface area contributed by atoms with Gasteiger partial charge in [0.05, 0.1) is 0 Å². The molecule has 3 heteroatoms. The van der Waals surface area contributed by atoms with Crippen LogP contribution in [-0.2, 0) is 13.1 Å². The zero-order valence-corrected chi connectivity index (χ0v) is 11.7. The second-order valence-corrected chi connectivity index (χ2v) is 5.07. The quantitative estimate of drug-likeness (QED) is 0.925. The molecule has 0 radical (unpaired) electrons. The highest BCUT2D eigenvalue weighted by Gasteiger charge is 2.11. The molecule has 0 aromatic heterocycles. The average Bonchev–Trinajstić information content (AvgIpc) is 2.47. The van der Waals surface area contributed by atoms with Gasteiger partial charge in [0, 0.05) is 13.1 Å². The molecular weight excluding hydrogens is 250 g/mol. The fourth-order valence-electron chi connectivity index (χ4n) is 2.37. The Hall–Kier alpha value is -2.00. The SMILES string of the molecule is Cc1cccc(CNCc2ccc3c(c2)OCCO3)c1. The van der Waals surface area contributed by atoms with Crippen molar-refractivity contribution in [3.63, 3.8) is 0 Å². The number of hydrogen-bond acceptors (Lipinski definition) is 3. The summed E-state index contributed by atoms with van der Waals surface area (Å²) in [5.41, 5.74) is 3.81. The Morgan fingerprint density at radius 1 is 0.900 bits per heavy atom. The lowest BCUT2D eigenvalue weighted by Gasteiger charge is -2.19. The van der Waals surface area contributed by atoms with E-state index in [1.807, 2.05) is 6.07 Å². The summed E-state index contributed by atoms with van der Waals surface area (Å²) in [4.78, 5) is 0. The van der Waals surface area contributed by atoms with Crippen molar-refractivity contribution in [1.82, 2.24) is 5.32 Å². The van der Waals surface area contributed by atoms with Crippen LogP contribution < -0.4 is 14.8 Å². The van der Waals surface area contributed by atoms with Crippen molar-refractivity contribution in [2.45, 2.75) is 20.0 Å². The molecule has 0 saturated heterocycles. The third kappa shape index (κ3) is 3.11. The van der Waals surface area contributed by atoms with E-state index in [0.29, 0.717) is 13.2 Å². The van der Waals surface area contributed by atoms with Crippen LogP contribution in [0.25, 0.3) is 0 Å². The molecule has 3 nitrogen and oxygen atoms in total. The second-order valence-electron chi connectivity index (χ2n) is 5.07. The molecule has 2 aromatic carbocycles. The summed E-state index contributed by atoms with van der Waals surface area (Å²) in [6.45, 7) is 5.08. The number of aryl methyl sites for hydroxylation is 1. The lowest BCUT2D eigenvalue weighted by molar-refractivity contribution is 0.171. The second kappa shape index (κ2) is 5.97. The van der Waals surface area contributed by atoms with Crippen molar-refractivity contribution in [3.05, 3.63) is 59.2 Å². The summed E-state index contributed by atoms with van der Waals surface area (Å²) < 4.78 is 11.1. The fourth-order valence-corrected chi connectivity index (χ4v) is 2.37. The van der Waals surface area contributed by atoms with Crippen LogP contribution in [0.1, 0.15) is 16.7 Å². The predicted octanol–water partition coefficient (Wildman–Crippen LogP) is 3.06. The predicted molar refractivity (Wildman–Crippen MR) is 79.2 cm³/mol. The Morgan fingerprint density at radius 2 is 1.65 bits per heavy atom. The van der Waals surface area contributed by atoms with E-state index in [1.54, 1.807) is 0 Å². The van der Waals surface area contributed by atoms with Crippen molar-refractivity contribution < 1.29 is 9.47 Å². The first-order valence-electron chi connectivity index (χ1n) is 6.96. The lowest BCUT2D eigenvalue weighted by Crippen LogP contribution is -2.16. The van der Waals surface area contributed by atoms with Gasteiger partial charge in [-0.2, -0.15) is 0 Å². The Balaban J connectivity index is 1.58. The maximum atomic E-state index is 5.59. The summed E-state index contributed by atoms with van der Waals surface area (Å²) in [6, 6.07) is 14.7. The Morgan fingerprint density at radius 3 is 2.45 bits per heavy atom. The van der Waals surface area contributed by atoms with Gasteiger partial charge in [0.15, 0.2) is 11.5 Å². The minimum atomic E-state index is 0.632. The van der Waals surface area contributed by atoms with Gasteiger partial charge in [-0.25, -0.2) is 0 Å². The van der Waals surface area contributed by atoms with Crippen molar-refractivity contribution in [2.75, 3.05) is 13.2 Å². The van der Waals surface area contributed by atoms with E-state index in [4.69, 9.17) is 9.47 Å². The van der Waals surface area contributed by atoms with Gasteiger partial charge in [-0.3, -0.25) is 0 Å². The highest BCUT2D eigenvalue weighted by molar-refractivity contribution is 5.43. The van der Waals surface area contributed by atoms with Crippen LogP contribution in [-0.4, -0.2) is 13.2 Å². The van der Waals surface area contributed by atoms with Gasteiger partial charge >= 0.3 is 0 Å². The highest BCUT2D eigenvalue weighted by atomic mass is 16.6. The smallest absolute Gasteiger partial charge is 0.161 e. The van der Waals surface area contributed by atoms with Crippen molar-refractivity contribution in [3.8, 4) is 11.5 Å². The largest absolute Gasteiger partial charge is 0.486 e. The molecule has 2 aromatic rings. The number of hydrogen-bond donors (Lipinski definition) is 1. The Labute approximate surface area is 119 Å². The van der Waals surface area contributed by atoms with Gasteiger partial charge < -0.3 is 14.8 Å². The van der Waals surface area contributed by atoms with E-state index < -0.39 is 0 Å². The summed E-state index contributed by atoms with van der Waals surface area (Å²) in [7, 11) is 0. The van der Waals surface area contributed by atoms with E-state index >= 15 is 0 Å². The third-order valence-electron chi connectivity index (χ3n) is 3.35. The van der Waals surface area contributed by atoms with Gasteiger partial charge in [-0.1, -0.05) is 35.9 Å². The maximum absolute atomic E-state index is 5.59. The minimum Gasteiger partial charge on any atom is -0.486 e. The number of benzene rings is 2. The van der Waals surface area contributed by atoms with E-state index in [2.05, 4.69) is 48.6 Å². The van der Waals surface area contributed by atoms with Gasteiger partial charge in [0.2, 0.25) is 0 Å². The van der Waals surface area contributed by atoms with Gasteiger partial charge in [-0.05, 0) is 30.2 Å². The fraction of sp³-hybridized carbons (Fsp3) is 0.294. The Bertz CT molecular complexity index is 595. The molecule has 0 unspecified atom stereocenters.